The second-order valence-corrected chi connectivity index (χ2v) is 7.02. The number of carbonyl (C=O) groups is 1. The highest BCUT2D eigenvalue weighted by Gasteiger charge is 2.27. The Morgan fingerprint density at radius 3 is 3.08 bits per heavy atom. The lowest BCUT2D eigenvalue weighted by Crippen LogP contribution is -2.30. The van der Waals surface area contributed by atoms with Crippen LogP contribution < -0.4 is 5.32 Å². The summed E-state index contributed by atoms with van der Waals surface area (Å²) in [5, 5.41) is 12.1. The van der Waals surface area contributed by atoms with Crippen LogP contribution in [-0.2, 0) is 13.0 Å². The zero-order valence-corrected chi connectivity index (χ0v) is 15.2. The predicted octanol–water partition coefficient (Wildman–Crippen LogP) is 3.69. The van der Waals surface area contributed by atoms with Gasteiger partial charge in [0.15, 0.2) is 0 Å². The molecule has 2 aromatic heterocycles. The number of rotatable bonds is 4. The van der Waals surface area contributed by atoms with Crippen LogP contribution in [-0.4, -0.2) is 20.8 Å². The van der Waals surface area contributed by atoms with Crippen LogP contribution in [0, 0.1) is 6.92 Å². The molecular formula is C19H19ClN4O2. The minimum atomic E-state index is -0.244. The van der Waals surface area contributed by atoms with E-state index in [0.29, 0.717) is 12.2 Å². The summed E-state index contributed by atoms with van der Waals surface area (Å²) in [4.78, 5) is 12.4. The number of nitrogens with one attached hydrogen (secondary N) is 1. The lowest BCUT2D eigenvalue weighted by Gasteiger charge is -2.23. The van der Waals surface area contributed by atoms with Gasteiger partial charge in [-0.3, -0.25) is 9.48 Å². The third-order valence-electron chi connectivity index (χ3n) is 4.64. The second-order valence-electron chi connectivity index (χ2n) is 6.58. The van der Waals surface area contributed by atoms with Gasteiger partial charge < -0.3 is 9.84 Å². The van der Waals surface area contributed by atoms with E-state index >= 15 is 0 Å². The molecule has 7 heteroatoms. The molecule has 1 N–H and O–H groups in total. The molecule has 0 bridgehead atoms. The number of benzene rings is 1. The van der Waals surface area contributed by atoms with Gasteiger partial charge in [-0.25, -0.2) is 0 Å². The largest absolute Gasteiger partial charge is 0.351 e. The fraction of sp³-hybridized carbons (Fsp3) is 0.316. The summed E-state index contributed by atoms with van der Waals surface area (Å²) in [5.74, 6) is -0.00742. The van der Waals surface area contributed by atoms with Gasteiger partial charge in [-0.05, 0) is 43.9 Å². The summed E-state index contributed by atoms with van der Waals surface area (Å²) in [7, 11) is 0. The molecule has 0 aliphatic heterocycles. The van der Waals surface area contributed by atoms with Crippen molar-refractivity contribution in [3.63, 3.8) is 0 Å². The van der Waals surface area contributed by atoms with Gasteiger partial charge >= 0.3 is 0 Å². The number of aryl methyl sites for hydroxylation is 1. The molecule has 26 heavy (non-hydrogen) atoms. The number of halogens is 1. The van der Waals surface area contributed by atoms with Gasteiger partial charge in [-0.2, -0.15) is 5.10 Å². The van der Waals surface area contributed by atoms with Crippen molar-refractivity contribution >= 4 is 17.5 Å². The summed E-state index contributed by atoms with van der Waals surface area (Å²) in [5.41, 5.74) is 4.03. The molecule has 0 fully saturated rings. The first-order valence-electron chi connectivity index (χ1n) is 8.63. The van der Waals surface area contributed by atoms with Crippen molar-refractivity contribution in [1.29, 1.82) is 0 Å². The highest BCUT2D eigenvalue weighted by atomic mass is 35.5. The summed E-state index contributed by atoms with van der Waals surface area (Å²) >= 11 is 6.08. The Labute approximate surface area is 156 Å². The van der Waals surface area contributed by atoms with Gasteiger partial charge in [0, 0.05) is 22.3 Å². The van der Waals surface area contributed by atoms with Crippen LogP contribution in [0.1, 0.15) is 52.0 Å². The Hall–Kier alpha value is -2.60. The zero-order valence-electron chi connectivity index (χ0n) is 14.4. The molecule has 0 saturated carbocycles. The van der Waals surface area contributed by atoms with Crippen LogP contribution in [0.3, 0.4) is 0 Å². The van der Waals surface area contributed by atoms with Crippen molar-refractivity contribution in [3.8, 4) is 0 Å². The standard InChI is InChI=1S/C19H19ClN4O2/c1-12-8-18(26-23-12)19(25)22-16-6-3-7-17-15(16)10-21-24(17)11-13-4-2-5-14(20)9-13/h2,4-5,8-10,16H,3,6-7,11H2,1H3,(H,22,25)/t16-/m0/s1. The second kappa shape index (κ2) is 6.96. The molecule has 6 nitrogen and oxygen atoms in total. The maximum atomic E-state index is 12.4. The van der Waals surface area contributed by atoms with Crippen molar-refractivity contribution in [2.24, 2.45) is 0 Å². The fourth-order valence-corrected chi connectivity index (χ4v) is 3.63. The molecule has 4 rings (SSSR count). The lowest BCUT2D eigenvalue weighted by atomic mass is 9.93. The molecule has 1 amide bonds. The Morgan fingerprint density at radius 1 is 1.42 bits per heavy atom. The van der Waals surface area contributed by atoms with Crippen molar-refractivity contribution < 1.29 is 9.32 Å². The van der Waals surface area contributed by atoms with Crippen molar-refractivity contribution in [1.82, 2.24) is 20.3 Å². The minimum Gasteiger partial charge on any atom is -0.351 e. The van der Waals surface area contributed by atoms with Gasteiger partial charge in [0.2, 0.25) is 5.76 Å². The highest BCUT2D eigenvalue weighted by molar-refractivity contribution is 6.30. The van der Waals surface area contributed by atoms with Gasteiger partial charge in [-0.1, -0.05) is 28.9 Å². The van der Waals surface area contributed by atoms with E-state index in [4.69, 9.17) is 16.1 Å². The molecule has 0 radical (unpaired) electrons. The molecule has 3 aromatic rings. The number of amides is 1. The highest BCUT2D eigenvalue weighted by Crippen LogP contribution is 2.30. The normalized spacial score (nSPS) is 16.3. The van der Waals surface area contributed by atoms with Gasteiger partial charge in [0.1, 0.15) is 0 Å². The van der Waals surface area contributed by atoms with Gasteiger partial charge in [0.25, 0.3) is 5.91 Å². The van der Waals surface area contributed by atoms with E-state index in [0.717, 1.165) is 41.1 Å². The third-order valence-corrected chi connectivity index (χ3v) is 4.88. The molecule has 1 atom stereocenters. The molecule has 1 aliphatic rings. The maximum Gasteiger partial charge on any atom is 0.290 e. The first-order valence-corrected chi connectivity index (χ1v) is 9.01. The number of aromatic nitrogens is 3. The average Bonchev–Trinajstić information content (AvgIpc) is 3.22. The van der Waals surface area contributed by atoms with Crippen LogP contribution in [0.2, 0.25) is 5.02 Å². The Balaban J connectivity index is 1.54. The van der Waals surface area contributed by atoms with Crippen LogP contribution in [0.25, 0.3) is 0 Å². The van der Waals surface area contributed by atoms with Crippen molar-refractivity contribution in [3.05, 3.63) is 69.8 Å². The Bertz CT molecular complexity index is 947. The smallest absolute Gasteiger partial charge is 0.290 e. The van der Waals surface area contributed by atoms with Crippen molar-refractivity contribution in [2.45, 2.75) is 38.8 Å². The van der Waals surface area contributed by atoms with Crippen LogP contribution in [0.15, 0.2) is 41.1 Å². The Morgan fingerprint density at radius 2 is 2.31 bits per heavy atom. The van der Waals surface area contributed by atoms with Gasteiger partial charge in [-0.15, -0.1) is 0 Å². The van der Waals surface area contributed by atoms with Crippen LogP contribution in [0.4, 0.5) is 0 Å². The minimum absolute atomic E-state index is 0.0650. The molecule has 1 aliphatic carbocycles. The van der Waals surface area contributed by atoms with Crippen molar-refractivity contribution in [2.75, 3.05) is 0 Å². The molecule has 0 unspecified atom stereocenters. The van der Waals surface area contributed by atoms with E-state index in [-0.39, 0.29) is 17.7 Å². The van der Waals surface area contributed by atoms with Crippen LogP contribution >= 0.6 is 11.6 Å². The summed E-state index contributed by atoms with van der Waals surface area (Å²) in [6.07, 6.45) is 4.68. The molecule has 2 heterocycles. The van der Waals surface area contributed by atoms with Crippen LogP contribution in [0.5, 0.6) is 0 Å². The van der Waals surface area contributed by atoms with E-state index in [1.54, 1.807) is 13.0 Å². The molecular weight excluding hydrogens is 352 g/mol. The quantitative estimate of drug-likeness (QED) is 0.760. The Kier molecular flexibility index (Phi) is 4.51. The van der Waals surface area contributed by atoms with E-state index in [1.807, 2.05) is 35.1 Å². The molecule has 1 aromatic carbocycles. The number of nitrogens with zero attached hydrogens (tertiary/aromatic N) is 3. The summed E-state index contributed by atoms with van der Waals surface area (Å²) < 4.78 is 7.05. The topological polar surface area (TPSA) is 73.0 Å². The van der Waals surface area contributed by atoms with E-state index < -0.39 is 0 Å². The van der Waals surface area contributed by atoms with E-state index in [1.165, 1.54) is 0 Å². The predicted molar refractivity (Wildman–Crippen MR) is 97.2 cm³/mol. The zero-order chi connectivity index (χ0) is 18.1. The van der Waals surface area contributed by atoms with E-state index in [9.17, 15) is 4.79 Å². The number of carbonyl (C=O) groups excluding carboxylic acids is 1. The first kappa shape index (κ1) is 16.8. The SMILES string of the molecule is Cc1cc(C(=O)N[C@H]2CCCc3c2cnn3Cc2cccc(Cl)c2)on1. The average molecular weight is 371 g/mol. The van der Waals surface area contributed by atoms with Gasteiger partial charge in [0.05, 0.1) is 24.5 Å². The van der Waals surface area contributed by atoms with E-state index in [2.05, 4.69) is 15.6 Å². The summed E-state index contributed by atoms with van der Waals surface area (Å²) in [6, 6.07) is 9.36. The number of hydrogen-bond acceptors (Lipinski definition) is 4. The maximum absolute atomic E-state index is 12.4. The number of hydrogen-bond donors (Lipinski definition) is 1. The molecule has 0 spiro atoms. The fourth-order valence-electron chi connectivity index (χ4n) is 3.41. The summed E-state index contributed by atoms with van der Waals surface area (Å²) in [6.45, 7) is 2.46. The number of fused-ring (bicyclic) bond motifs is 1. The molecule has 134 valence electrons. The third kappa shape index (κ3) is 3.37. The molecule has 0 saturated heterocycles. The monoisotopic (exact) mass is 370 g/mol. The first-order chi connectivity index (χ1) is 12.6. The lowest BCUT2D eigenvalue weighted by molar-refractivity contribution is 0.0895.